The lowest BCUT2D eigenvalue weighted by atomic mass is 10.1. The minimum atomic E-state index is 0.458. The van der Waals surface area contributed by atoms with Crippen LogP contribution in [0.5, 0.6) is 5.75 Å². The average Bonchev–Trinajstić information content (AvgIpc) is 0.777. The van der Waals surface area contributed by atoms with E-state index in [0.29, 0.717) is 59.5 Å². The first-order valence-electron chi connectivity index (χ1n) is 40.6. The summed E-state index contributed by atoms with van der Waals surface area (Å²) < 4.78 is 31.6. The highest BCUT2D eigenvalue weighted by Gasteiger charge is 2.06. The maximum absolute atomic E-state index is 6.55. The van der Waals surface area contributed by atoms with E-state index >= 15 is 0 Å². The second-order valence-electron chi connectivity index (χ2n) is 28.7. The van der Waals surface area contributed by atoms with Gasteiger partial charge in [0.1, 0.15) is 5.75 Å². The van der Waals surface area contributed by atoms with E-state index in [1.807, 2.05) is 42.5 Å². The minimum absolute atomic E-state index is 0.458. The Labute approximate surface area is 660 Å². The standard InChI is InChI=1S/C103H105N3O5/c1-6-11-16-21-53-107-75-91-62-83-33-29-79-41-47-95(48-42-79)97-70-98(72-99(71-97)111-57-25-20-15-10-5)96-49-43-80(44-50-96)30-34-84-59-88(67-92(63-84)76-108-54-22-17-12-7-2)38-40-90-61-86(65-94(69-90)78-110-56-24-19-14-9-4)36-32-82-46-52-101(105-74-82)103-28-26-27-102(106-103)100-51-45-81(73-104-100)31-35-85-60-89(39-37-87(58-83)66-91)68-93(64-85)77-109-55-23-18-13-8-3/h26-28,41-52,58-74H,6-25,53-57,75-78H2,1-5H3. The first-order chi connectivity index (χ1) is 54.7. The Morgan fingerprint density at radius 3 is 0.802 bits per heavy atom. The normalized spacial score (nSPS) is 10.8. The van der Waals surface area contributed by atoms with Crippen molar-refractivity contribution >= 4 is 108 Å². The average molecular weight is 1460 g/mol. The van der Waals surface area contributed by atoms with Gasteiger partial charge in [0, 0.05) is 103 Å². The third kappa shape index (κ3) is 27.5. The number of unbranched alkanes of at least 4 members (excludes halogenated alkanes) is 15. The van der Waals surface area contributed by atoms with Gasteiger partial charge in [-0.2, -0.15) is 0 Å². The molecule has 0 amide bonds. The Balaban J connectivity index is 1.04. The zero-order chi connectivity index (χ0) is 76.7. The number of benzene rings is 7. The summed E-state index contributed by atoms with van der Waals surface area (Å²) in [5.41, 5.74) is 6.97. The largest absolute Gasteiger partial charge is 0.494 e. The summed E-state index contributed by atoms with van der Waals surface area (Å²) in [6.45, 7) is 16.4. The van der Waals surface area contributed by atoms with Crippen LogP contribution in [-0.4, -0.2) is 48.0 Å². The summed E-state index contributed by atoms with van der Waals surface area (Å²) in [6.07, 6.45) is 26.3. The third-order valence-electron chi connectivity index (χ3n) is 19.1. The maximum Gasteiger partial charge on any atom is 0.120 e. The van der Waals surface area contributed by atoms with E-state index in [0.717, 1.165) is 200 Å². The monoisotopic (exact) mass is 1460 g/mol. The molecule has 562 valence electrons. The fourth-order valence-corrected chi connectivity index (χ4v) is 13.0. The van der Waals surface area contributed by atoms with Gasteiger partial charge in [-0.25, -0.2) is 4.98 Å². The van der Waals surface area contributed by atoms with Crippen molar-refractivity contribution in [1.29, 1.82) is 0 Å². The van der Waals surface area contributed by atoms with Crippen molar-refractivity contribution in [2.45, 2.75) is 189 Å². The second-order valence-corrected chi connectivity index (χ2v) is 28.7. The Morgan fingerprint density at radius 1 is 0.234 bits per heavy atom. The molecular weight excluding hydrogens is 1360 g/mol. The molecule has 0 spiro atoms. The van der Waals surface area contributed by atoms with Gasteiger partial charge in [-0.15, -0.1) is 0 Å². The smallest absolute Gasteiger partial charge is 0.120 e. The van der Waals surface area contributed by atoms with E-state index in [4.69, 9.17) is 38.6 Å². The lowest BCUT2D eigenvalue weighted by molar-refractivity contribution is 0.117. The zero-order valence-corrected chi connectivity index (χ0v) is 65.9. The molecule has 0 aliphatic heterocycles. The second kappa shape index (κ2) is 45.2. The summed E-state index contributed by atoms with van der Waals surface area (Å²) in [4.78, 5) is 14.8. The molecule has 0 unspecified atom stereocenters. The van der Waals surface area contributed by atoms with Gasteiger partial charge in [0.15, 0.2) is 0 Å². The van der Waals surface area contributed by atoms with Crippen LogP contribution in [0.2, 0.25) is 0 Å². The molecule has 0 radical (unpaired) electrons. The van der Waals surface area contributed by atoms with Gasteiger partial charge >= 0.3 is 0 Å². The summed E-state index contributed by atoms with van der Waals surface area (Å²) in [7, 11) is 0. The Bertz CT molecular complexity index is 4950. The maximum atomic E-state index is 6.55. The lowest BCUT2D eigenvalue weighted by Gasteiger charge is -2.08. The number of nitrogens with zero attached hydrogens (tertiary/aromatic N) is 3. The minimum Gasteiger partial charge on any atom is -0.494 e. The molecule has 17 aromatic rings. The quantitative estimate of drug-likeness (QED) is 0.0369. The highest BCUT2D eigenvalue weighted by atomic mass is 16.5. The zero-order valence-electron chi connectivity index (χ0n) is 65.9. The molecule has 0 atom stereocenters. The highest BCUT2D eigenvalue weighted by molar-refractivity contribution is 5.94. The van der Waals surface area contributed by atoms with E-state index in [1.54, 1.807) is 12.4 Å². The third-order valence-corrected chi connectivity index (χ3v) is 19.1. The van der Waals surface area contributed by atoms with E-state index in [2.05, 4.69) is 247 Å². The van der Waals surface area contributed by atoms with Gasteiger partial charge in [-0.05, 0) is 228 Å². The number of hydrogen-bond acceptors (Lipinski definition) is 8. The Morgan fingerprint density at radius 2 is 0.514 bits per heavy atom. The molecule has 111 heavy (non-hydrogen) atoms. The molecule has 20 bridgehead atoms. The van der Waals surface area contributed by atoms with Crippen molar-refractivity contribution in [1.82, 2.24) is 15.0 Å². The first-order valence-corrected chi connectivity index (χ1v) is 40.6. The van der Waals surface area contributed by atoms with Crippen LogP contribution in [0.4, 0.5) is 0 Å². The summed E-state index contributed by atoms with van der Waals surface area (Å²) >= 11 is 0. The molecule has 17 rings (SSSR count). The first kappa shape index (κ1) is 81.0. The van der Waals surface area contributed by atoms with Crippen molar-refractivity contribution in [3.8, 4) is 5.75 Å². The van der Waals surface area contributed by atoms with E-state index in [-0.39, 0.29) is 0 Å². The molecule has 0 saturated heterocycles. The van der Waals surface area contributed by atoms with Gasteiger partial charge in [0.2, 0.25) is 0 Å². The van der Waals surface area contributed by atoms with Crippen LogP contribution in [0.15, 0.2) is 194 Å². The number of aromatic nitrogens is 3. The molecule has 8 nitrogen and oxygen atoms in total. The van der Waals surface area contributed by atoms with E-state index in [1.165, 1.54) is 64.2 Å². The predicted molar refractivity (Wildman–Crippen MR) is 460 cm³/mol. The number of ether oxygens (including phenoxy) is 5. The molecule has 7 aromatic carbocycles. The van der Waals surface area contributed by atoms with Gasteiger partial charge in [-0.3, -0.25) is 9.97 Å². The topological polar surface area (TPSA) is 84.8 Å². The van der Waals surface area contributed by atoms with Crippen molar-refractivity contribution in [2.75, 3.05) is 33.0 Å². The van der Waals surface area contributed by atoms with Gasteiger partial charge in [0.25, 0.3) is 0 Å². The van der Waals surface area contributed by atoms with Crippen LogP contribution in [0, 0.1) is 72.8 Å². The van der Waals surface area contributed by atoms with Crippen LogP contribution >= 0.6 is 0 Å². The van der Waals surface area contributed by atoms with Crippen molar-refractivity contribution in [3.05, 3.63) is 289 Å². The van der Waals surface area contributed by atoms with Gasteiger partial charge in [0.05, 0.1) is 55.1 Å². The number of pyridine rings is 3. The summed E-state index contributed by atoms with van der Waals surface area (Å²) in [5, 5.41) is 14.4. The molecule has 0 saturated carbocycles. The van der Waals surface area contributed by atoms with Crippen LogP contribution in [0.3, 0.4) is 0 Å². The summed E-state index contributed by atoms with van der Waals surface area (Å²) in [6, 6.07) is 104. The molecule has 0 N–H and O–H groups in total. The Kier molecular flexibility index (Phi) is 33.0. The SMILES string of the molecule is CCCCCCOCc1cc2c#cc3ccc(cc3)c3cc(OCCCCCC)cc(c3)c3ccc(c#cc4cc(COCCCCCC)cc(c#cc5cc(COCCCCCC)cc(c#cc6ccc(nc6)c6cccc(n6)c6ccc(c#cc7cc(COCCCCCC)cc(c#cc(c1)c2)c7)cn6)c5)c4)cc3. The van der Waals surface area contributed by atoms with Crippen molar-refractivity contribution < 1.29 is 23.7 Å². The van der Waals surface area contributed by atoms with Crippen molar-refractivity contribution in [2.24, 2.45) is 0 Å². The number of hydrogen-bond donors (Lipinski definition) is 0. The van der Waals surface area contributed by atoms with Crippen LogP contribution in [0.25, 0.3) is 108 Å². The predicted octanol–water partition coefficient (Wildman–Crippen LogP) is 26.7. The molecule has 0 aliphatic carbocycles. The number of rotatable bonds is 34. The van der Waals surface area contributed by atoms with Crippen LogP contribution < -0.4 is 4.74 Å². The molecule has 10 aromatic heterocycles. The fourth-order valence-electron chi connectivity index (χ4n) is 13.0. The van der Waals surface area contributed by atoms with Gasteiger partial charge in [-0.1, -0.05) is 234 Å². The molecule has 0 fully saturated rings. The van der Waals surface area contributed by atoms with Crippen LogP contribution in [-0.2, 0) is 45.4 Å². The Hall–Kier alpha value is -11.0. The lowest BCUT2D eigenvalue weighted by Crippen LogP contribution is -1.97. The fraction of sp³-hybridized carbons (Fsp3) is 0.330. The van der Waals surface area contributed by atoms with E-state index < -0.39 is 0 Å². The van der Waals surface area contributed by atoms with Crippen molar-refractivity contribution in [3.63, 3.8) is 0 Å². The van der Waals surface area contributed by atoms with E-state index in [9.17, 15) is 0 Å². The summed E-state index contributed by atoms with van der Waals surface area (Å²) in [5.74, 6) is 0.839. The molecular formula is C103H105N3O5. The molecule has 0 aliphatic rings. The molecule has 8 heteroatoms. The van der Waals surface area contributed by atoms with Gasteiger partial charge < -0.3 is 23.7 Å². The van der Waals surface area contributed by atoms with Crippen LogP contribution in [0.1, 0.15) is 185 Å². The molecule has 10 heterocycles. The highest BCUT2D eigenvalue weighted by Crippen LogP contribution is 2.27.